The van der Waals surface area contributed by atoms with Crippen molar-refractivity contribution in [3.8, 4) is 0 Å². The second-order valence-electron chi connectivity index (χ2n) is 3.95. The van der Waals surface area contributed by atoms with Crippen molar-refractivity contribution in [3.63, 3.8) is 0 Å². The Hall–Kier alpha value is -0.726. The van der Waals surface area contributed by atoms with Crippen LogP contribution in [-0.4, -0.2) is 11.1 Å². The third kappa shape index (κ3) is 4.51. The number of fused-ring (bicyclic) bond motifs is 1. The maximum absolute atomic E-state index is 10.9. The van der Waals surface area contributed by atoms with Crippen LogP contribution in [0.3, 0.4) is 0 Å². The number of benzene rings is 2. The molecule has 0 aromatic heterocycles. The topological polar surface area (TPSA) is 37.3 Å². The van der Waals surface area contributed by atoms with E-state index < -0.39 is 5.97 Å². The van der Waals surface area contributed by atoms with E-state index >= 15 is 0 Å². The molecule has 0 aliphatic carbocycles. The summed E-state index contributed by atoms with van der Waals surface area (Å²) in [6, 6.07) is 12.0. The number of aromatic carboxylic acids is 1. The van der Waals surface area contributed by atoms with Gasteiger partial charge in [-0.2, -0.15) is 24.3 Å². The molecule has 0 spiro atoms. The van der Waals surface area contributed by atoms with Crippen molar-refractivity contribution in [1.29, 1.82) is 0 Å². The molecule has 0 aliphatic heterocycles. The molecule has 0 saturated carbocycles. The van der Waals surface area contributed by atoms with Gasteiger partial charge in [-0.05, 0) is 12.5 Å². The minimum atomic E-state index is -0.881. The van der Waals surface area contributed by atoms with E-state index in [1.54, 1.807) is 19.1 Å². The van der Waals surface area contributed by atoms with Gasteiger partial charge in [0.1, 0.15) is 0 Å². The number of carboxylic acids is 1. The molecule has 0 bridgehead atoms. The SMILES string of the molecule is CCC.Cc1cc2cc[c-]cc2cc1C(=O)O.[Y]. The van der Waals surface area contributed by atoms with E-state index in [0.29, 0.717) is 5.56 Å². The number of carbonyl (C=O) groups is 1. The fourth-order valence-electron chi connectivity index (χ4n) is 1.52. The standard InChI is InChI=1S/C12H9O2.C3H8.Y/c1-8-6-9-4-2-3-5-10(9)7-11(8)12(13)14;1-3-2;/h2,4-7H,1H3,(H,13,14);3H2,1-2H3;/q-1;;. The Labute approximate surface area is 133 Å². The van der Waals surface area contributed by atoms with Crippen molar-refractivity contribution in [3.05, 3.63) is 47.5 Å². The minimum Gasteiger partial charge on any atom is -0.478 e. The number of hydrogen-bond acceptors (Lipinski definition) is 1. The molecule has 1 radical (unpaired) electrons. The third-order valence-electron chi connectivity index (χ3n) is 2.26. The first-order valence-electron chi connectivity index (χ1n) is 5.73. The van der Waals surface area contributed by atoms with Gasteiger partial charge in [-0.3, -0.25) is 0 Å². The van der Waals surface area contributed by atoms with Crippen molar-refractivity contribution >= 4 is 16.7 Å². The van der Waals surface area contributed by atoms with E-state index in [-0.39, 0.29) is 32.7 Å². The summed E-state index contributed by atoms with van der Waals surface area (Å²) < 4.78 is 0. The van der Waals surface area contributed by atoms with E-state index in [2.05, 4.69) is 19.9 Å². The Morgan fingerprint density at radius 2 is 1.89 bits per heavy atom. The van der Waals surface area contributed by atoms with Gasteiger partial charge in [0.15, 0.2) is 0 Å². The molecule has 0 fully saturated rings. The normalized spacial score (nSPS) is 9.06. The second-order valence-corrected chi connectivity index (χ2v) is 3.95. The first kappa shape index (κ1) is 17.3. The zero-order valence-corrected chi connectivity index (χ0v) is 13.9. The minimum absolute atomic E-state index is 0. The summed E-state index contributed by atoms with van der Waals surface area (Å²) in [6.45, 7) is 6.06. The zero-order valence-electron chi connectivity index (χ0n) is 11.0. The third-order valence-corrected chi connectivity index (χ3v) is 2.26. The Kier molecular flexibility index (Phi) is 8.05. The van der Waals surface area contributed by atoms with Crippen LogP contribution in [0, 0.1) is 13.0 Å². The molecule has 0 unspecified atom stereocenters. The summed E-state index contributed by atoms with van der Waals surface area (Å²) in [4.78, 5) is 10.9. The molecule has 3 heteroatoms. The fraction of sp³-hybridized carbons (Fsp3) is 0.267. The van der Waals surface area contributed by atoms with Gasteiger partial charge in [0.05, 0.1) is 5.56 Å². The summed E-state index contributed by atoms with van der Waals surface area (Å²) in [5.41, 5.74) is 1.15. The average molecular weight is 318 g/mol. The van der Waals surface area contributed by atoms with Crippen molar-refractivity contribution < 1.29 is 42.6 Å². The zero-order chi connectivity index (χ0) is 12.8. The van der Waals surface area contributed by atoms with E-state index in [4.69, 9.17) is 5.11 Å². The van der Waals surface area contributed by atoms with Gasteiger partial charge in [0.2, 0.25) is 0 Å². The summed E-state index contributed by atoms with van der Waals surface area (Å²) in [7, 11) is 0. The van der Waals surface area contributed by atoms with E-state index in [0.717, 1.165) is 16.3 Å². The molecule has 0 atom stereocenters. The van der Waals surface area contributed by atoms with E-state index in [9.17, 15) is 4.79 Å². The van der Waals surface area contributed by atoms with Gasteiger partial charge >= 0.3 is 5.97 Å². The first-order valence-corrected chi connectivity index (χ1v) is 5.73. The smallest absolute Gasteiger partial charge is 0.334 e. The largest absolute Gasteiger partial charge is 0.478 e. The van der Waals surface area contributed by atoms with Crippen LogP contribution in [0.25, 0.3) is 10.8 Å². The van der Waals surface area contributed by atoms with Gasteiger partial charge < -0.3 is 5.11 Å². The molecule has 0 heterocycles. The predicted molar refractivity (Wildman–Crippen MR) is 70.4 cm³/mol. The summed E-state index contributed by atoms with van der Waals surface area (Å²) >= 11 is 0. The average Bonchev–Trinajstić information content (AvgIpc) is 2.28. The van der Waals surface area contributed by atoms with Crippen molar-refractivity contribution in [2.45, 2.75) is 27.2 Å². The van der Waals surface area contributed by atoms with Crippen molar-refractivity contribution in [2.24, 2.45) is 0 Å². The second kappa shape index (κ2) is 8.39. The number of aryl methyl sites for hydroxylation is 1. The summed E-state index contributed by atoms with van der Waals surface area (Å²) in [5, 5.41) is 10.9. The Bertz CT molecular complexity index is 521. The maximum atomic E-state index is 10.9. The van der Waals surface area contributed by atoms with Crippen LogP contribution in [0.1, 0.15) is 36.2 Å². The van der Waals surface area contributed by atoms with Crippen molar-refractivity contribution in [1.82, 2.24) is 0 Å². The van der Waals surface area contributed by atoms with Crippen LogP contribution in [0.4, 0.5) is 0 Å². The van der Waals surface area contributed by atoms with Crippen LogP contribution in [0.5, 0.6) is 0 Å². The van der Waals surface area contributed by atoms with Crippen LogP contribution in [0.2, 0.25) is 0 Å². The molecule has 2 aromatic rings. The molecule has 0 aliphatic rings. The molecule has 0 amide bonds. The van der Waals surface area contributed by atoms with Crippen LogP contribution in [0.15, 0.2) is 30.3 Å². The Morgan fingerprint density at radius 3 is 2.44 bits per heavy atom. The monoisotopic (exact) mass is 318 g/mol. The molecule has 2 aromatic carbocycles. The van der Waals surface area contributed by atoms with E-state index in [1.165, 1.54) is 6.42 Å². The quantitative estimate of drug-likeness (QED) is 0.805. The molecule has 18 heavy (non-hydrogen) atoms. The molecular weight excluding hydrogens is 301 g/mol. The Morgan fingerprint density at radius 1 is 1.28 bits per heavy atom. The summed E-state index contributed by atoms with van der Waals surface area (Å²) in [6.07, 6.45) is 1.25. The molecule has 93 valence electrons. The molecule has 2 rings (SSSR count). The van der Waals surface area contributed by atoms with Crippen LogP contribution < -0.4 is 0 Å². The molecular formula is C15H17O2Y-. The predicted octanol–water partition coefficient (Wildman–Crippen LogP) is 4.06. The van der Waals surface area contributed by atoms with Crippen LogP contribution in [-0.2, 0) is 32.7 Å². The van der Waals surface area contributed by atoms with Gasteiger partial charge in [0, 0.05) is 32.7 Å². The molecule has 2 nitrogen and oxygen atoms in total. The Balaban J connectivity index is 0.000000660. The number of rotatable bonds is 1. The molecule has 1 N–H and O–H groups in total. The van der Waals surface area contributed by atoms with E-state index in [1.807, 2.05) is 18.2 Å². The van der Waals surface area contributed by atoms with Crippen molar-refractivity contribution in [2.75, 3.05) is 0 Å². The number of carboxylic acid groups (broad SMARTS) is 1. The summed E-state index contributed by atoms with van der Waals surface area (Å²) in [5.74, 6) is -0.881. The maximum Gasteiger partial charge on any atom is 0.334 e. The van der Waals surface area contributed by atoms with Gasteiger partial charge in [-0.1, -0.05) is 32.4 Å². The van der Waals surface area contributed by atoms with Gasteiger partial charge in [-0.25, -0.2) is 4.79 Å². The van der Waals surface area contributed by atoms with Crippen LogP contribution >= 0.6 is 0 Å². The first-order chi connectivity index (χ1) is 8.10. The van der Waals surface area contributed by atoms with Gasteiger partial charge in [0.25, 0.3) is 0 Å². The molecule has 0 saturated heterocycles. The number of hydrogen-bond donors (Lipinski definition) is 1. The van der Waals surface area contributed by atoms with Gasteiger partial charge in [-0.15, -0.1) is 10.8 Å². The fourth-order valence-corrected chi connectivity index (χ4v) is 1.52.